The molecular weight excluding hydrogens is 202 g/mol. The number of ether oxygens (including phenoxy) is 1. The third-order valence-electron chi connectivity index (χ3n) is 2.64. The van der Waals surface area contributed by atoms with Crippen molar-refractivity contribution < 1.29 is 9.53 Å². The van der Waals surface area contributed by atoms with Gasteiger partial charge in [-0.3, -0.25) is 4.79 Å². The lowest BCUT2D eigenvalue weighted by molar-refractivity contribution is -0.115. The summed E-state index contributed by atoms with van der Waals surface area (Å²) < 4.78 is 5.60. The van der Waals surface area contributed by atoms with E-state index in [1.165, 1.54) is 12.8 Å². The molecule has 2 rings (SSSR count). The third kappa shape index (κ3) is 3.26. The molecule has 3 heteroatoms. The Balaban J connectivity index is 1.85. The van der Waals surface area contributed by atoms with Crippen LogP contribution >= 0.6 is 0 Å². The summed E-state index contributed by atoms with van der Waals surface area (Å²) in [6.45, 7) is 2.66. The fourth-order valence-corrected chi connectivity index (χ4v) is 1.38. The highest BCUT2D eigenvalue weighted by molar-refractivity contribution is 5.90. The molecule has 1 amide bonds. The van der Waals surface area contributed by atoms with Crippen molar-refractivity contribution in [2.75, 3.05) is 11.9 Å². The minimum Gasteiger partial charge on any atom is -0.493 e. The largest absolute Gasteiger partial charge is 0.493 e. The fourth-order valence-electron chi connectivity index (χ4n) is 1.38. The molecule has 0 spiro atoms. The molecule has 3 nitrogen and oxygen atoms in total. The third-order valence-corrected chi connectivity index (χ3v) is 2.64. The van der Waals surface area contributed by atoms with Gasteiger partial charge in [0.2, 0.25) is 5.91 Å². The van der Waals surface area contributed by atoms with Gasteiger partial charge < -0.3 is 10.1 Å². The van der Waals surface area contributed by atoms with Gasteiger partial charge in [0, 0.05) is 12.1 Å². The zero-order chi connectivity index (χ0) is 11.4. The van der Waals surface area contributed by atoms with Crippen LogP contribution in [0.25, 0.3) is 0 Å². The van der Waals surface area contributed by atoms with Gasteiger partial charge in [0.15, 0.2) is 0 Å². The molecule has 0 radical (unpaired) electrons. The van der Waals surface area contributed by atoms with E-state index in [2.05, 4.69) is 5.32 Å². The Bertz CT molecular complexity index is 355. The molecule has 0 aliphatic heterocycles. The first kappa shape index (κ1) is 11.0. The SMILES string of the molecule is CCC(=O)Nc1ccc(OCC2CC2)cc1. The number of hydrogen-bond donors (Lipinski definition) is 1. The van der Waals surface area contributed by atoms with Crippen LogP contribution in [0.15, 0.2) is 24.3 Å². The van der Waals surface area contributed by atoms with E-state index in [-0.39, 0.29) is 5.91 Å². The van der Waals surface area contributed by atoms with Crippen LogP contribution in [0.5, 0.6) is 5.75 Å². The molecule has 0 unspecified atom stereocenters. The number of rotatable bonds is 5. The summed E-state index contributed by atoms with van der Waals surface area (Å²) in [5, 5.41) is 2.80. The van der Waals surface area contributed by atoms with Crippen molar-refractivity contribution in [2.45, 2.75) is 26.2 Å². The van der Waals surface area contributed by atoms with Crippen LogP contribution < -0.4 is 10.1 Å². The van der Waals surface area contributed by atoms with Crippen molar-refractivity contribution in [1.29, 1.82) is 0 Å². The van der Waals surface area contributed by atoms with Crippen molar-refractivity contribution in [3.63, 3.8) is 0 Å². The van der Waals surface area contributed by atoms with E-state index >= 15 is 0 Å². The van der Waals surface area contributed by atoms with E-state index in [4.69, 9.17) is 4.74 Å². The standard InChI is InChI=1S/C13H17NO2/c1-2-13(15)14-11-5-7-12(8-6-11)16-9-10-3-4-10/h5-8,10H,2-4,9H2,1H3,(H,14,15). The summed E-state index contributed by atoms with van der Waals surface area (Å²) in [7, 11) is 0. The van der Waals surface area contributed by atoms with Gasteiger partial charge in [0.1, 0.15) is 5.75 Å². The molecule has 0 atom stereocenters. The highest BCUT2D eigenvalue weighted by Crippen LogP contribution is 2.29. The zero-order valence-corrected chi connectivity index (χ0v) is 9.53. The van der Waals surface area contributed by atoms with E-state index in [0.717, 1.165) is 24.0 Å². The molecule has 1 N–H and O–H groups in total. The van der Waals surface area contributed by atoms with E-state index in [9.17, 15) is 4.79 Å². The maximum atomic E-state index is 11.1. The topological polar surface area (TPSA) is 38.3 Å². The zero-order valence-electron chi connectivity index (χ0n) is 9.53. The molecule has 1 aliphatic carbocycles. The smallest absolute Gasteiger partial charge is 0.224 e. The predicted octanol–water partition coefficient (Wildman–Crippen LogP) is 2.82. The first-order valence-corrected chi connectivity index (χ1v) is 5.80. The molecule has 1 aromatic carbocycles. The van der Waals surface area contributed by atoms with E-state index in [1.807, 2.05) is 31.2 Å². The molecule has 1 aromatic rings. The normalized spacial score (nSPS) is 14.6. The predicted molar refractivity (Wildman–Crippen MR) is 63.6 cm³/mol. The van der Waals surface area contributed by atoms with E-state index in [1.54, 1.807) is 0 Å². The van der Waals surface area contributed by atoms with Gasteiger partial charge in [-0.25, -0.2) is 0 Å². The summed E-state index contributed by atoms with van der Waals surface area (Å²) >= 11 is 0. The second kappa shape index (κ2) is 5.01. The van der Waals surface area contributed by atoms with Crippen LogP contribution in [0.1, 0.15) is 26.2 Å². The lowest BCUT2D eigenvalue weighted by atomic mass is 10.3. The van der Waals surface area contributed by atoms with Crippen LogP contribution in [-0.2, 0) is 4.79 Å². The van der Waals surface area contributed by atoms with Gasteiger partial charge in [-0.1, -0.05) is 6.92 Å². The van der Waals surface area contributed by atoms with Gasteiger partial charge in [-0.05, 0) is 43.0 Å². The second-order valence-electron chi connectivity index (χ2n) is 4.18. The summed E-state index contributed by atoms with van der Waals surface area (Å²) in [6.07, 6.45) is 3.09. The summed E-state index contributed by atoms with van der Waals surface area (Å²) in [6, 6.07) is 7.53. The fraction of sp³-hybridized carbons (Fsp3) is 0.462. The number of hydrogen-bond acceptors (Lipinski definition) is 2. The average molecular weight is 219 g/mol. The van der Waals surface area contributed by atoms with Crippen molar-refractivity contribution in [3.05, 3.63) is 24.3 Å². The maximum absolute atomic E-state index is 11.1. The van der Waals surface area contributed by atoms with E-state index in [0.29, 0.717) is 6.42 Å². The van der Waals surface area contributed by atoms with Crippen molar-refractivity contribution in [1.82, 2.24) is 0 Å². The Morgan fingerprint density at radius 2 is 2.06 bits per heavy atom. The number of carbonyl (C=O) groups excluding carboxylic acids is 1. The van der Waals surface area contributed by atoms with Gasteiger partial charge in [-0.2, -0.15) is 0 Å². The monoisotopic (exact) mass is 219 g/mol. The summed E-state index contributed by atoms with van der Waals surface area (Å²) in [5.41, 5.74) is 0.825. The van der Waals surface area contributed by atoms with Gasteiger partial charge >= 0.3 is 0 Å². The number of nitrogens with one attached hydrogen (secondary N) is 1. The minimum absolute atomic E-state index is 0.0339. The van der Waals surface area contributed by atoms with Gasteiger partial charge in [0.25, 0.3) is 0 Å². The molecule has 1 fully saturated rings. The molecule has 86 valence electrons. The van der Waals surface area contributed by atoms with Gasteiger partial charge in [0.05, 0.1) is 6.61 Å². The van der Waals surface area contributed by atoms with Crippen LogP contribution in [0.3, 0.4) is 0 Å². The molecule has 0 heterocycles. The maximum Gasteiger partial charge on any atom is 0.224 e. The Morgan fingerprint density at radius 1 is 1.38 bits per heavy atom. The lowest BCUT2D eigenvalue weighted by Crippen LogP contribution is -2.09. The molecule has 16 heavy (non-hydrogen) atoms. The number of anilines is 1. The lowest BCUT2D eigenvalue weighted by Gasteiger charge is -2.07. The highest BCUT2D eigenvalue weighted by Gasteiger charge is 2.21. The Hall–Kier alpha value is -1.51. The average Bonchev–Trinajstić information content (AvgIpc) is 3.12. The van der Waals surface area contributed by atoms with Crippen LogP contribution in [-0.4, -0.2) is 12.5 Å². The van der Waals surface area contributed by atoms with Crippen molar-refractivity contribution in [2.24, 2.45) is 5.92 Å². The first-order chi connectivity index (χ1) is 7.78. The van der Waals surface area contributed by atoms with Crippen LogP contribution in [0.2, 0.25) is 0 Å². The molecule has 0 saturated heterocycles. The van der Waals surface area contributed by atoms with Gasteiger partial charge in [-0.15, -0.1) is 0 Å². The Labute approximate surface area is 95.8 Å². The van der Waals surface area contributed by atoms with Crippen molar-refractivity contribution >= 4 is 11.6 Å². The molecule has 0 bridgehead atoms. The molecular formula is C13H17NO2. The summed E-state index contributed by atoms with van der Waals surface area (Å²) in [4.78, 5) is 11.1. The molecule has 0 aromatic heterocycles. The number of carbonyl (C=O) groups is 1. The van der Waals surface area contributed by atoms with E-state index < -0.39 is 0 Å². The quantitative estimate of drug-likeness (QED) is 0.827. The first-order valence-electron chi connectivity index (χ1n) is 5.80. The molecule has 1 aliphatic rings. The van der Waals surface area contributed by atoms with Crippen LogP contribution in [0, 0.1) is 5.92 Å². The summed E-state index contributed by atoms with van der Waals surface area (Å²) in [5.74, 6) is 1.67. The number of benzene rings is 1. The molecule has 1 saturated carbocycles. The minimum atomic E-state index is 0.0339. The number of amides is 1. The second-order valence-corrected chi connectivity index (χ2v) is 4.18. The Kier molecular flexibility index (Phi) is 3.44. The van der Waals surface area contributed by atoms with Crippen LogP contribution in [0.4, 0.5) is 5.69 Å². The van der Waals surface area contributed by atoms with Crippen molar-refractivity contribution in [3.8, 4) is 5.75 Å². The Morgan fingerprint density at radius 3 is 2.62 bits per heavy atom. The highest BCUT2D eigenvalue weighted by atomic mass is 16.5.